The molecule has 1 atom stereocenters. The SMILES string of the molecule is CO[P@](C)(=O)C(C)C. The zero-order valence-corrected chi connectivity index (χ0v) is 6.74. The summed E-state index contributed by atoms with van der Waals surface area (Å²) in [5.41, 5.74) is 0.146. The van der Waals surface area contributed by atoms with E-state index in [2.05, 4.69) is 0 Å². The van der Waals surface area contributed by atoms with Crippen molar-refractivity contribution in [3.8, 4) is 0 Å². The van der Waals surface area contributed by atoms with Gasteiger partial charge < -0.3 is 4.52 Å². The number of hydrogen-bond donors (Lipinski definition) is 0. The van der Waals surface area contributed by atoms with E-state index < -0.39 is 7.37 Å². The summed E-state index contributed by atoms with van der Waals surface area (Å²) in [6.45, 7) is 5.44. The molecule has 0 aromatic heterocycles. The fourth-order valence-electron chi connectivity index (χ4n) is 0.211. The second-order valence-electron chi connectivity index (χ2n) is 2.19. The van der Waals surface area contributed by atoms with Gasteiger partial charge in [-0.3, -0.25) is 4.57 Å². The summed E-state index contributed by atoms with van der Waals surface area (Å²) in [4.78, 5) is 0. The van der Waals surface area contributed by atoms with Gasteiger partial charge in [0.15, 0.2) is 0 Å². The molecule has 0 aliphatic carbocycles. The maximum absolute atomic E-state index is 11.1. The number of rotatable bonds is 2. The summed E-state index contributed by atoms with van der Waals surface area (Å²) in [5, 5.41) is 0. The van der Waals surface area contributed by atoms with Crippen LogP contribution in [0.15, 0.2) is 0 Å². The maximum Gasteiger partial charge on any atom is 0.202 e. The van der Waals surface area contributed by atoms with Crippen LogP contribution in [0.25, 0.3) is 0 Å². The van der Waals surface area contributed by atoms with E-state index in [-0.39, 0.29) is 5.66 Å². The highest BCUT2D eigenvalue weighted by molar-refractivity contribution is 7.58. The zero-order valence-electron chi connectivity index (χ0n) is 5.84. The molecule has 0 aliphatic rings. The fraction of sp³-hybridized carbons (Fsp3) is 1.00. The molecule has 0 amide bonds. The van der Waals surface area contributed by atoms with Gasteiger partial charge in [-0.1, -0.05) is 13.8 Å². The topological polar surface area (TPSA) is 26.3 Å². The lowest BCUT2D eigenvalue weighted by molar-refractivity contribution is 0.392. The molecule has 0 fully saturated rings. The Bertz CT molecular complexity index is 109. The molecule has 3 heteroatoms. The Morgan fingerprint density at radius 3 is 1.88 bits per heavy atom. The molecule has 0 heterocycles. The summed E-state index contributed by atoms with van der Waals surface area (Å²) in [5.74, 6) is 0. The van der Waals surface area contributed by atoms with Gasteiger partial charge in [-0.25, -0.2) is 0 Å². The van der Waals surface area contributed by atoms with E-state index in [1.165, 1.54) is 7.11 Å². The summed E-state index contributed by atoms with van der Waals surface area (Å²) < 4.78 is 15.8. The van der Waals surface area contributed by atoms with Crippen molar-refractivity contribution in [2.75, 3.05) is 13.8 Å². The minimum absolute atomic E-state index is 0.146. The molecule has 50 valence electrons. The van der Waals surface area contributed by atoms with E-state index in [9.17, 15) is 4.57 Å². The lowest BCUT2D eigenvalue weighted by Crippen LogP contribution is -1.96. The molecule has 0 rings (SSSR count). The van der Waals surface area contributed by atoms with Crippen LogP contribution >= 0.6 is 7.37 Å². The van der Waals surface area contributed by atoms with Crippen molar-refractivity contribution >= 4 is 7.37 Å². The van der Waals surface area contributed by atoms with Gasteiger partial charge in [0.25, 0.3) is 0 Å². The molecular formula is C5H13O2P. The molecule has 0 unspecified atom stereocenters. The van der Waals surface area contributed by atoms with E-state index in [0.29, 0.717) is 0 Å². The lowest BCUT2D eigenvalue weighted by Gasteiger charge is -2.13. The highest BCUT2D eigenvalue weighted by atomic mass is 31.2. The lowest BCUT2D eigenvalue weighted by atomic mass is 10.6. The van der Waals surface area contributed by atoms with Crippen molar-refractivity contribution in [2.24, 2.45) is 0 Å². The molecule has 0 radical (unpaired) electrons. The second-order valence-corrected chi connectivity index (χ2v) is 5.40. The monoisotopic (exact) mass is 136 g/mol. The standard InChI is InChI=1S/C5H13O2P/c1-5(2)8(4,6)7-3/h5H,1-4H3/t8-/m0/s1. The summed E-state index contributed by atoms with van der Waals surface area (Å²) in [7, 11) is -0.758. The quantitative estimate of drug-likeness (QED) is 0.542. The molecule has 8 heavy (non-hydrogen) atoms. The summed E-state index contributed by atoms with van der Waals surface area (Å²) >= 11 is 0. The third-order valence-electron chi connectivity index (χ3n) is 1.30. The fourth-order valence-corrected chi connectivity index (χ4v) is 0.632. The van der Waals surface area contributed by atoms with Crippen molar-refractivity contribution in [1.29, 1.82) is 0 Å². The highest BCUT2D eigenvalue weighted by Gasteiger charge is 2.17. The molecule has 0 N–H and O–H groups in total. The molecular weight excluding hydrogens is 123 g/mol. The molecule has 0 saturated carbocycles. The minimum Gasteiger partial charge on any atom is -0.332 e. The highest BCUT2D eigenvalue weighted by Crippen LogP contribution is 2.46. The molecule has 0 aromatic rings. The van der Waals surface area contributed by atoms with Crippen molar-refractivity contribution in [2.45, 2.75) is 19.5 Å². The van der Waals surface area contributed by atoms with E-state index in [1.807, 2.05) is 13.8 Å². The van der Waals surface area contributed by atoms with Gasteiger partial charge >= 0.3 is 0 Å². The Hall–Kier alpha value is 0.190. The Morgan fingerprint density at radius 2 is 1.88 bits per heavy atom. The molecule has 0 bridgehead atoms. The number of hydrogen-bond acceptors (Lipinski definition) is 2. The summed E-state index contributed by atoms with van der Waals surface area (Å²) in [6.07, 6.45) is 0. The van der Waals surface area contributed by atoms with Gasteiger partial charge in [0, 0.05) is 19.4 Å². The van der Waals surface area contributed by atoms with Crippen LogP contribution in [0.4, 0.5) is 0 Å². The molecule has 0 aromatic carbocycles. The van der Waals surface area contributed by atoms with Crippen LogP contribution in [0.1, 0.15) is 13.8 Å². The van der Waals surface area contributed by atoms with E-state index in [0.717, 1.165) is 0 Å². The Kier molecular flexibility index (Phi) is 2.72. The molecule has 2 nitrogen and oxygen atoms in total. The van der Waals surface area contributed by atoms with Gasteiger partial charge in [-0.15, -0.1) is 0 Å². The van der Waals surface area contributed by atoms with Crippen molar-refractivity contribution < 1.29 is 9.09 Å². The first-order valence-corrected chi connectivity index (χ1v) is 4.77. The van der Waals surface area contributed by atoms with Crippen LogP contribution < -0.4 is 0 Å². The normalized spacial score (nSPS) is 18.6. The third-order valence-corrected chi connectivity index (χ3v) is 3.90. The van der Waals surface area contributed by atoms with E-state index in [1.54, 1.807) is 6.66 Å². The van der Waals surface area contributed by atoms with Gasteiger partial charge in [0.1, 0.15) is 0 Å². The molecule has 0 saturated heterocycles. The minimum atomic E-state index is -2.25. The predicted octanol–water partition coefficient (Wildman–Crippen LogP) is 1.95. The first kappa shape index (κ1) is 8.19. The van der Waals surface area contributed by atoms with Crippen molar-refractivity contribution in [3.63, 3.8) is 0 Å². The molecule has 0 aliphatic heterocycles. The van der Waals surface area contributed by atoms with Crippen LogP contribution in [-0.2, 0) is 9.09 Å². The second kappa shape index (κ2) is 2.65. The average Bonchev–Trinajstić information content (AvgIpc) is 1.67. The van der Waals surface area contributed by atoms with Gasteiger partial charge in [0.2, 0.25) is 7.37 Å². The van der Waals surface area contributed by atoms with Gasteiger partial charge in [-0.2, -0.15) is 0 Å². The first-order valence-electron chi connectivity index (χ1n) is 2.63. The Morgan fingerprint density at radius 1 is 1.50 bits per heavy atom. The van der Waals surface area contributed by atoms with Crippen molar-refractivity contribution in [1.82, 2.24) is 0 Å². The average molecular weight is 136 g/mol. The van der Waals surface area contributed by atoms with Crippen LogP contribution in [0.2, 0.25) is 0 Å². The Labute approximate surface area is 50.7 Å². The zero-order chi connectivity index (χ0) is 6.78. The van der Waals surface area contributed by atoms with Crippen LogP contribution in [-0.4, -0.2) is 19.4 Å². The van der Waals surface area contributed by atoms with E-state index >= 15 is 0 Å². The summed E-state index contributed by atoms with van der Waals surface area (Å²) in [6, 6.07) is 0. The van der Waals surface area contributed by atoms with Gasteiger partial charge in [0.05, 0.1) is 0 Å². The van der Waals surface area contributed by atoms with Crippen LogP contribution in [0.5, 0.6) is 0 Å². The molecule has 0 spiro atoms. The maximum atomic E-state index is 11.1. The largest absolute Gasteiger partial charge is 0.332 e. The third kappa shape index (κ3) is 1.97. The first-order chi connectivity index (χ1) is 3.50. The van der Waals surface area contributed by atoms with Crippen molar-refractivity contribution in [3.05, 3.63) is 0 Å². The smallest absolute Gasteiger partial charge is 0.202 e. The van der Waals surface area contributed by atoms with Crippen LogP contribution in [0, 0.1) is 0 Å². The predicted molar refractivity (Wildman–Crippen MR) is 35.7 cm³/mol. The van der Waals surface area contributed by atoms with Gasteiger partial charge in [-0.05, 0) is 0 Å². The van der Waals surface area contributed by atoms with Crippen LogP contribution in [0.3, 0.4) is 0 Å². The van der Waals surface area contributed by atoms with E-state index in [4.69, 9.17) is 4.52 Å². The Balaban J connectivity index is 3.93.